The summed E-state index contributed by atoms with van der Waals surface area (Å²) in [6.07, 6.45) is 1.70. The molecule has 0 atom stereocenters. The maximum Gasteiger partial charge on any atom is 0.269 e. The Morgan fingerprint density at radius 3 is 2.83 bits per heavy atom. The number of hydrogen-bond donors (Lipinski definition) is 1. The molecule has 0 spiro atoms. The van der Waals surface area contributed by atoms with Crippen LogP contribution in [-0.4, -0.2) is 9.91 Å². The van der Waals surface area contributed by atoms with E-state index >= 15 is 0 Å². The van der Waals surface area contributed by atoms with Crippen LogP contribution < -0.4 is 5.32 Å². The largest absolute Gasteiger partial charge is 0.380 e. The van der Waals surface area contributed by atoms with E-state index in [4.69, 9.17) is 0 Å². The van der Waals surface area contributed by atoms with Gasteiger partial charge in [-0.25, -0.2) is 4.98 Å². The van der Waals surface area contributed by atoms with Crippen molar-refractivity contribution in [3.63, 3.8) is 0 Å². The van der Waals surface area contributed by atoms with Gasteiger partial charge in [-0.15, -0.1) is 0 Å². The Balaban J connectivity index is 2.04. The maximum atomic E-state index is 10.6. The zero-order valence-corrected chi connectivity index (χ0v) is 10.9. The Bertz CT molecular complexity index is 558. The lowest BCUT2D eigenvalue weighted by Gasteiger charge is -2.05. The van der Waals surface area contributed by atoms with Gasteiger partial charge in [0.25, 0.3) is 5.69 Å². The van der Waals surface area contributed by atoms with Crippen LogP contribution in [0.2, 0.25) is 0 Å². The van der Waals surface area contributed by atoms with E-state index in [0.717, 1.165) is 15.9 Å². The molecular weight excluding hydrogens is 298 g/mol. The summed E-state index contributed by atoms with van der Waals surface area (Å²) in [6.45, 7) is 0.519. The summed E-state index contributed by atoms with van der Waals surface area (Å²) in [7, 11) is 0. The first-order valence-corrected chi connectivity index (χ1v) is 6.03. The van der Waals surface area contributed by atoms with Crippen molar-refractivity contribution in [2.45, 2.75) is 6.54 Å². The van der Waals surface area contributed by atoms with Crippen molar-refractivity contribution in [3.8, 4) is 0 Å². The van der Waals surface area contributed by atoms with Gasteiger partial charge in [-0.2, -0.15) is 0 Å². The Labute approximate surface area is 112 Å². The number of halogens is 1. The number of pyridine rings is 1. The minimum absolute atomic E-state index is 0.100. The van der Waals surface area contributed by atoms with Gasteiger partial charge in [0, 0.05) is 18.7 Å². The van der Waals surface area contributed by atoms with E-state index in [1.165, 1.54) is 6.07 Å². The van der Waals surface area contributed by atoms with E-state index in [1.54, 1.807) is 18.3 Å². The molecule has 1 N–H and O–H groups in total. The summed E-state index contributed by atoms with van der Waals surface area (Å²) in [5.74, 6) is 0. The standard InChI is InChI=1S/C12H10BrN3O2/c13-12-5-4-10(8-15-12)14-7-9-2-1-3-11(6-9)16(17)18/h1-6,8,14H,7H2. The molecule has 0 fully saturated rings. The van der Waals surface area contributed by atoms with Crippen LogP contribution in [-0.2, 0) is 6.54 Å². The van der Waals surface area contributed by atoms with Gasteiger partial charge in [0.05, 0.1) is 16.8 Å². The molecular formula is C12H10BrN3O2. The molecule has 0 unspecified atom stereocenters. The van der Waals surface area contributed by atoms with Crippen molar-refractivity contribution < 1.29 is 4.92 Å². The molecule has 0 aliphatic heterocycles. The lowest BCUT2D eigenvalue weighted by molar-refractivity contribution is -0.384. The molecule has 0 aliphatic rings. The number of nitro benzene ring substituents is 1. The summed E-state index contributed by atoms with van der Waals surface area (Å²) in [5, 5.41) is 13.8. The van der Waals surface area contributed by atoms with E-state index < -0.39 is 4.92 Å². The summed E-state index contributed by atoms with van der Waals surface area (Å²) in [4.78, 5) is 14.3. The molecule has 5 nitrogen and oxygen atoms in total. The summed E-state index contributed by atoms with van der Waals surface area (Å²) < 4.78 is 0.767. The molecule has 0 saturated carbocycles. The second-order valence-corrected chi connectivity index (χ2v) is 4.46. The van der Waals surface area contributed by atoms with Gasteiger partial charge in [0.1, 0.15) is 4.60 Å². The van der Waals surface area contributed by atoms with Crippen LogP contribution >= 0.6 is 15.9 Å². The summed E-state index contributed by atoms with van der Waals surface area (Å²) >= 11 is 3.25. The topological polar surface area (TPSA) is 68.1 Å². The van der Waals surface area contributed by atoms with E-state index in [2.05, 4.69) is 26.2 Å². The highest BCUT2D eigenvalue weighted by atomic mass is 79.9. The number of aromatic nitrogens is 1. The Morgan fingerprint density at radius 2 is 2.17 bits per heavy atom. The zero-order valence-electron chi connectivity index (χ0n) is 9.34. The Morgan fingerprint density at radius 1 is 1.33 bits per heavy atom. The first-order valence-electron chi connectivity index (χ1n) is 5.24. The molecule has 0 saturated heterocycles. The van der Waals surface area contributed by atoms with Gasteiger partial charge in [-0.1, -0.05) is 12.1 Å². The van der Waals surface area contributed by atoms with Gasteiger partial charge in [-0.05, 0) is 33.6 Å². The molecule has 2 aromatic rings. The second kappa shape index (κ2) is 5.59. The molecule has 18 heavy (non-hydrogen) atoms. The molecule has 0 radical (unpaired) electrons. The van der Waals surface area contributed by atoms with Crippen molar-refractivity contribution in [1.29, 1.82) is 0 Å². The van der Waals surface area contributed by atoms with Crippen molar-refractivity contribution in [3.05, 3.63) is 62.9 Å². The number of non-ortho nitro benzene ring substituents is 1. The number of nitro groups is 1. The van der Waals surface area contributed by atoms with Crippen molar-refractivity contribution >= 4 is 27.3 Å². The fourth-order valence-electron chi connectivity index (χ4n) is 1.46. The van der Waals surface area contributed by atoms with Gasteiger partial charge < -0.3 is 5.32 Å². The third kappa shape index (κ3) is 3.27. The van der Waals surface area contributed by atoms with Gasteiger partial charge >= 0.3 is 0 Å². The highest BCUT2D eigenvalue weighted by molar-refractivity contribution is 9.10. The average molecular weight is 308 g/mol. The number of hydrogen-bond acceptors (Lipinski definition) is 4. The monoisotopic (exact) mass is 307 g/mol. The third-order valence-electron chi connectivity index (χ3n) is 2.35. The first kappa shape index (κ1) is 12.5. The minimum atomic E-state index is -0.398. The number of rotatable bonds is 4. The molecule has 1 heterocycles. The molecule has 1 aromatic carbocycles. The quantitative estimate of drug-likeness (QED) is 0.534. The van der Waals surface area contributed by atoms with Gasteiger partial charge in [-0.3, -0.25) is 10.1 Å². The van der Waals surface area contributed by atoms with Crippen molar-refractivity contribution in [2.24, 2.45) is 0 Å². The Kier molecular flexibility index (Phi) is 3.88. The Hall–Kier alpha value is -1.95. The van der Waals surface area contributed by atoms with E-state index in [1.807, 2.05) is 18.2 Å². The van der Waals surface area contributed by atoms with Gasteiger partial charge in [0.2, 0.25) is 0 Å². The molecule has 2 rings (SSSR count). The number of nitrogens with zero attached hydrogens (tertiary/aromatic N) is 2. The normalized spacial score (nSPS) is 10.1. The average Bonchev–Trinajstić information content (AvgIpc) is 2.38. The van der Waals surface area contributed by atoms with Crippen LogP contribution in [0.1, 0.15) is 5.56 Å². The highest BCUT2D eigenvalue weighted by Crippen LogP contribution is 2.15. The van der Waals surface area contributed by atoms with Crippen LogP contribution in [0.5, 0.6) is 0 Å². The number of anilines is 1. The van der Waals surface area contributed by atoms with E-state index in [0.29, 0.717) is 6.54 Å². The SMILES string of the molecule is O=[N+]([O-])c1cccc(CNc2ccc(Br)nc2)c1. The lowest BCUT2D eigenvalue weighted by atomic mass is 10.2. The minimum Gasteiger partial charge on any atom is -0.380 e. The van der Waals surface area contributed by atoms with Crippen molar-refractivity contribution in [1.82, 2.24) is 4.98 Å². The fourth-order valence-corrected chi connectivity index (χ4v) is 1.70. The van der Waals surface area contributed by atoms with Crippen molar-refractivity contribution in [2.75, 3.05) is 5.32 Å². The number of benzene rings is 1. The predicted molar refractivity (Wildman–Crippen MR) is 72.4 cm³/mol. The summed E-state index contributed by atoms with van der Waals surface area (Å²) in [5.41, 5.74) is 1.82. The zero-order chi connectivity index (χ0) is 13.0. The van der Waals surface area contributed by atoms with E-state index in [-0.39, 0.29) is 5.69 Å². The summed E-state index contributed by atoms with van der Waals surface area (Å²) in [6, 6.07) is 10.3. The molecule has 6 heteroatoms. The fraction of sp³-hybridized carbons (Fsp3) is 0.0833. The first-order chi connectivity index (χ1) is 8.65. The van der Waals surface area contributed by atoms with Gasteiger partial charge in [0.15, 0.2) is 0 Å². The maximum absolute atomic E-state index is 10.6. The van der Waals surface area contributed by atoms with Crippen LogP contribution in [0.4, 0.5) is 11.4 Å². The molecule has 0 aliphatic carbocycles. The van der Waals surface area contributed by atoms with Crippen LogP contribution in [0.25, 0.3) is 0 Å². The number of nitrogens with one attached hydrogen (secondary N) is 1. The second-order valence-electron chi connectivity index (χ2n) is 3.65. The predicted octanol–water partition coefficient (Wildman–Crippen LogP) is 3.36. The lowest BCUT2D eigenvalue weighted by Crippen LogP contribution is -2.00. The smallest absolute Gasteiger partial charge is 0.269 e. The molecule has 0 bridgehead atoms. The third-order valence-corrected chi connectivity index (χ3v) is 2.81. The highest BCUT2D eigenvalue weighted by Gasteiger charge is 2.05. The van der Waals surface area contributed by atoms with Crippen LogP contribution in [0, 0.1) is 10.1 Å². The molecule has 1 aromatic heterocycles. The van der Waals surface area contributed by atoms with Crippen LogP contribution in [0.3, 0.4) is 0 Å². The van der Waals surface area contributed by atoms with E-state index in [9.17, 15) is 10.1 Å². The molecule has 0 amide bonds. The molecule has 92 valence electrons. The van der Waals surface area contributed by atoms with Crippen LogP contribution in [0.15, 0.2) is 47.2 Å².